The highest BCUT2D eigenvalue weighted by Gasteiger charge is 2.23. The van der Waals surface area contributed by atoms with Gasteiger partial charge in [0, 0.05) is 0 Å². The van der Waals surface area contributed by atoms with Crippen molar-refractivity contribution in [3.63, 3.8) is 0 Å². The second kappa shape index (κ2) is 4.56. The molecule has 2 rings (SSSR count). The zero-order valence-electron chi connectivity index (χ0n) is 10.3. The molecular weight excluding hydrogens is 250 g/mol. The third-order valence-corrected chi connectivity index (χ3v) is 2.75. The molecule has 0 radical (unpaired) electrons. The Labute approximate surface area is 108 Å². The van der Waals surface area contributed by atoms with E-state index in [1.165, 1.54) is 26.2 Å². The molecule has 98 valence electrons. The van der Waals surface area contributed by atoms with Crippen LogP contribution in [0.3, 0.4) is 0 Å². The van der Waals surface area contributed by atoms with Crippen molar-refractivity contribution in [3.05, 3.63) is 44.2 Å². The molecule has 0 atom stereocenters. The molecular formula is C13H11NO5. The number of Topliss-reactive ketones (excluding diaryl/α,β-unsaturated/α-hetero) is 1. The topological polar surface area (TPSA) is 92.7 Å². The van der Waals surface area contributed by atoms with Crippen LogP contribution in [0.25, 0.3) is 0 Å². The molecule has 0 fully saturated rings. The Bertz CT molecular complexity index is 725. The average molecular weight is 261 g/mol. The van der Waals surface area contributed by atoms with Gasteiger partial charge in [-0.25, -0.2) is 0 Å². The standard InChI is InChI=1S/C13H11NO5/c1-6(15)7-4-3-5-8(10(7)16)14-9-11(17)12(18)13(9)19-2/h3-5,14,16H,1-2H3. The lowest BCUT2D eigenvalue weighted by atomic mass is 10.1. The van der Waals surface area contributed by atoms with Crippen LogP contribution in [-0.4, -0.2) is 18.0 Å². The number of ether oxygens (including phenoxy) is 1. The van der Waals surface area contributed by atoms with Crippen molar-refractivity contribution in [3.8, 4) is 11.5 Å². The molecule has 0 saturated carbocycles. The summed E-state index contributed by atoms with van der Waals surface area (Å²) in [6, 6.07) is 4.50. The second-order valence-corrected chi connectivity index (χ2v) is 3.95. The van der Waals surface area contributed by atoms with Crippen molar-refractivity contribution < 1.29 is 14.6 Å². The lowest BCUT2D eigenvalue weighted by Gasteiger charge is -2.13. The lowest BCUT2D eigenvalue weighted by Crippen LogP contribution is -2.34. The minimum atomic E-state index is -0.718. The summed E-state index contributed by atoms with van der Waals surface area (Å²) in [5.41, 5.74) is -1.17. The van der Waals surface area contributed by atoms with Gasteiger partial charge < -0.3 is 15.2 Å². The summed E-state index contributed by atoms with van der Waals surface area (Å²) in [6.45, 7) is 1.32. The number of hydrogen-bond donors (Lipinski definition) is 2. The second-order valence-electron chi connectivity index (χ2n) is 3.95. The van der Waals surface area contributed by atoms with Crippen molar-refractivity contribution in [2.75, 3.05) is 12.4 Å². The molecule has 0 bridgehead atoms. The Balaban J connectivity index is 2.43. The molecule has 2 N–H and O–H groups in total. The average Bonchev–Trinajstić information content (AvgIpc) is 2.39. The minimum Gasteiger partial charge on any atom is -0.505 e. The molecule has 0 heterocycles. The van der Waals surface area contributed by atoms with Crippen LogP contribution in [0, 0.1) is 0 Å². The largest absolute Gasteiger partial charge is 0.505 e. The number of phenolic OH excluding ortho intramolecular Hbond substituents is 1. The number of phenols is 1. The van der Waals surface area contributed by atoms with E-state index in [9.17, 15) is 19.5 Å². The van der Waals surface area contributed by atoms with E-state index >= 15 is 0 Å². The molecule has 0 aromatic heterocycles. The van der Waals surface area contributed by atoms with E-state index in [1.54, 1.807) is 6.07 Å². The highest BCUT2D eigenvalue weighted by Crippen LogP contribution is 2.31. The number of anilines is 2. The lowest BCUT2D eigenvalue weighted by molar-refractivity contribution is 0.101. The van der Waals surface area contributed by atoms with Crippen LogP contribution in [0.15, 0.2) is 27.8 Å². The van der Waals surface area contributed by atoms with Crippen molar-refractivity contribution in [2.24, 2.45) is 0 Å². The first-order chi connectivity index (χ1) is 8.97. The zero-order chi connectivity index (χ0) is 14.2. The van der Waals surface area contributed by atoms with Gasteiger partial charge in [-0.1, -0.05) is 6.07 Å². The van der Waals surface area contributed by atoms with Gasteiger partial charge in [0.15, 0.2) is 11.5 Å². The summed E-state index contributed by atoms with van der Waals surface area (Å²) in [7, 11) is 1.27. The van der Waals surface area contributed by atoms with Crippen molar-refractivity contribution in [2.45, 2.75) is 6.92 Å². The number of ketones is 1. The Morgan fingerprint density at radius 2 is 1.95 bits per heavy atom. The van der Waals surface area contributed by atoms with Gasteiger partial charge in [-0.05, 0) is 19.1 Å². The predicted molar refractivity (Wildman–Crippen MR) is 69.3 cm³/mol. The molecule has 0 aliphatic rings. The first-order valence-electron chi connectivity index (χ1n) is 5.44. The number of para-hydroxylation sites is 1. The Hall–Kier alpha value is -2.63. The smallest absolute Gasteiger partial charge is 0.272 e. The molecule has 19 heavy (non-hydrogen) atoms. The maximum Gasteiger partial charge on any atom is 0.272 e. The van der Waals surface area contributed by atoms with Gasteiger partial charge in [0.2, 0.25) is 0 Å². The number of aromatic hydroxyl groups is 1. The SMILES string of the molecule is COc1c(Nc2cccc(C(C)=O)c2O)c(=O)c1=O. The molecule has 0 saturated heterocycles. The van der Waals surface area contributed by atoms with Crippen LogP contribution in [0.4, 0.5) is 11.4 Å². The van der Waals surface area contributed by atoms with Gasteiger partial charge in [-0.2, -0.15) is 0 Å². The van der Waals surface area contributed by atoms with Gasteiger partial charge in [-0.15, -0.1) is 0 Å². The number of methoxy groups -OCH3 is 1. The van der Waals surface area contributed by atoms with E-state index in [0.717, 1.165) is 0 Å². The van der Waals surface area contributed by atoms with Crippen LogP contribution in [0.5, 0.6) is 11.5 Å². The van der Waals surface area contributed by atoms with E-state index in [4.69, 9.17) is 4.74 Å². The van der Waals surface area contributed by atoms with Crippen LogP contribution in [-0.2, 0) is 0 Å². The summed E-state index contributed by atoms with van der Waals surface area (Å²) in [5.74, 6) is -0.666. The molecule has 2 aromatic carbocycles. The van der Waals surface area contributed by atoms with Gasteiger partial charge in [0.05, 0.1) is 18.4 Å². The van der Waals surface area contributed by atoms with E-state index in [-0.39, 0.29) is 34.2 Å². The van der Waals surface area contributed by atoms with Crippen LogP contribution >= 0.6 is 0 Å². The number of rotatable bonds is 4. The van der Waals surface area contributed by atoms with Crippen LogP contribution < -0.4 is 20.9 Å². The Morgan fingerprint density at radius 1 is 1.26 bits per heavy atom. The molecule has 0 spiro atoms. The van der Waals surface area contributed by atoms with Crippen molar-refractivity contribution >= 4 is 17.2 Å². The first-order valence-corrected chi connectivity index (χ1v) is 5.44. The van der Waals surface area contributed by atoms with E-state index < -0.39 is 10.9 Å². The number of hydrogen-bond acceptors (Lipinski definition) is 6. The Morgan fingerprint density at radius 3 is 2.53 bits per heavy atom. The number of benzene rings is 1. The fraction of sp³-hybridized carbons (Fsp3) is 0.154. The maximum atomic E-state index is 11.4. The molecule has 6 heteroatoms. The highest BCUT2D eigenvalue weighted by atomic mass is 16.5. The number of carbonyl (C=O) groups excluding carboxylic acids is 1. The molecule has 6 nitrogen and oxygen atoms in total. The third kappa shape index (κ3) is 1.97. The first kappa shape index (κ1) is 12.8. The molecule has 0 unspecified atom stereocenters. The summed E-state index contributed by atoms with van der Waals surface area (Å²) in [6.07, 6.45) is 0. The van der Waals surface area contributed by atoms with Crippen LogP contribution in [0.2, 0.25) is 0 Å². The molecule has 0 aliphatic carbocycles. The quantitative estimate of drug-likeness (QED) is 0.483. The fourth-order valence-electron chi connectivity index (χ4n) is 1.74. The fourth-order valence-corrected chi connectivity index (χ4v) is 1.74. The summed E-state index contributed by atoms with van der Waals surface area (Å²) in [4.78, 5) is 33.8. The van der Waals surface area contributed by atoms with Gasteiger partial charge in [0.1, 0.15) is 11.4 Å². The van der Waals surface area contributed by atoms with Gasteiger partial charge in [0.25, 0.3) is 10.9 Å². The minimum absolute atomic E-state index is 0.0245. The third-order valence-electron chi connectivity index (χ3n) is 2.75. The van der Waals surface area contributed by atoms with Crippen molar-refractivity contribution in [1.82, 2.24) is 0 Å². The van der Waals surface area contributed by atoms with Crippen LogP contribution in [0.1, 0.15) is 17.3 Å². The molecule has 0 amide bonds. The van der Waals surface area contributed by atoms with Gasteiger partial charge in [-0.3, -0.25) is 14.4 Å². The normalized spacial score (nSPS) is 10.4. The highest BCUT2D eigenvalue weighted by molar-refractivity contribution is 5.99. The summed E-state index contributed by atoms with van der Waals surface area (Å²) < 4.78 is 4.77. The maximum absolute atomic E-state index is 11.4. The monoisotopic (exact) mass is 261 g/mol. The summed E-state index contributed by atoms with van der Waals surface area (Å²) >= 11 is 0. The summed E-state index contributed by atoms with van der Waals surface area (Å²) in [5, 5.41) is 12.5. The predicted octanol–water partition coefficient (Wildman–Crippen LogP) is 0.943. The number of nitrogens with one attached hydrogen (secondary N) is 1. The Kier molecular flexibility index (Phi) is 3.08. The molecule has 2 aromatic rings. The number of carbonyl (C=O) groups is 1. The zero-order valence-corrected chi connectivity index (χ0v) is 10.3. The van der Waals surface area contributed by atoms with Gasteiger partial charge >= 0.3 is 0 Å². The van der Waals surface area contributed by atoms with E-state index in [0.29, 0.717) is 0 Å². The van der Waals surface area contributed by atoms with E-state index in [2.05, 4.69) is 5.32 Å². The van der Waals surface area contributed by atoms with Crippen molar-refractivity contribution in [1.29, 1.82) is 0 Å². The van der Waals surface area contributed by atoms with E-state index in [1.807, 2.05) is 0 Å². The molecule has 0 aliphatic heterocycles.